The number of nitrogens with two attached hydrogens (primary N) is 1. The van der Waals surface area contributed by atoms with Crippen LogP contribution in [0.2, 0.25) is 5.02 Å². The van der Waals surface area contributed by atoms with Crippen LogP contribution in [0.5, 0.6) is 0 Å². The molecule has 0 saturated heterocycles. The van der Waals surface area contributed by atoms with E-state index in [0.717, 1.165) is 5.56 Å². The molecule has 0 bridgehead atoms. The molecule has 76 valence electrons. The monoisotopic (exact) mass is 212 g/mol. The van der Waals surface area contributed by atoms with E-state index < -0.39 is 0 Å². The third kappa shape index (κ3) is 3.26. The molecule has 1 aromatic rings. The van der Waals surface area contributed by atoms with Crippen molar-refractivity contribution in [3.63, 3.8) is 0 Å². The summed E-state index contributed by atoms with van der Waals surface area (Å²) in [7, 11) is 0. The molecule has 0 aliphatic heterocycles. The van der Waals surface area contributed by atoms with Crippen LogP contribution in [0.3, 0.4) is 0 Å². The van der Waals surface area contributed by atoms with Gasteiger partial charge in [-0.1, -0.05) is 28.9 Å². The van der Waals surface area contributed by atoms with Crippen molar-refractivity contribution in [1.29, 1.82) is 0 Å². The van der Waals surface area contributed by atoms with Gasteiger partial charge < -0.3 is 10.6 Å². The molecule has 0 spiro atoms. The van der Waals surface area contributed by atoms with Gasteiger partial charge in [0.15, 0.2) is 5.84 Å². The molecular formula is C10H13ClN2O. The minimum atomic E-state index is 0.0211. The van der Waals surface area contributed by atoms with E-state index in [9.17, 15) is 0 Å². The van der Waals surface area contributed by atoms with Crippen molar-refractivity contribution in [3.8, 4) is 0 Å². The average molecular weight is 213 g/mol. The molecule has 1 rings (SSSR count). The molecule has 0 amide bonds. The van der Waals surface area contributed by atoms with Crippen LogP contribution in [-0.2, 0) is 4.84 Å². The second-order valence-electron chi connectivity index (χ2n) is 3.14. The van der Waals surface area contributed by atoms with Crippen LogP contribution in [0.25, 0.3) is 0 Å². The van der Waals surface area contributed by atoms with Crippen molar-refractivity contribution >= 4 is 17.4 Å². The first kappa shape index (κ1) is 10.9. The first-order valence-electron chi connectivity index (χ1n) is 4.35. The fraction of sp³-hybridized carbons (Fsp3) is 0.300. The van der Waals surface area contributed by atoms with Crippen molar-refractivity contribution in [3.05, 3.63) is 34.9 Å². The fourth-order valence-corrected chi connectivity index (χ4v) is 1.05. The predicted molar refractivity (Wildman–Crippen MR) is 58.4 cm³/mol. The van der Waals surface area contributed by atoms with Crippen molar-refractivity contribution in [1.82, 2.24) is 0 Å². The van der Waals surface area contributed by atoms with Gasteiger partial charge in [-0.3, -0.25) is 0 Å². The Labute approximate surface area is 88.5 Å². The fourth-order valence-electron chi connectivity index (χ4n) is 0.863. The van der Waals surface area contributed by atoms with E-state index in [2.05, 4.69) is 5.16 Å². The first-order chi connectivity index (χ1) is 6.59. The maximum atomic E-state index is 5.80. The minimum Gasteiger partial charge on any atom is -0.391 e. The molecule has 0 aliphatic rings. The molecule has 0 unspecified atom stereocenters. The van der Waals surface area contributed by atoms with E-state index in [1.807, 2.05) is 26.0 Å². The standard InChI is InChI=1S/C10H13ClN2O/c1-7(2)14-13-10(12)8-4-3-5-9(11)6-8/h3-7H,1-2H3,(H2,12,13). The van der Waals surface area contributed by atoms with Crippen LogP contribution in [0, 0.1) is 0 Å². The normalized spacial score (nSPS) is 11.9. The van der Waals surface area contributed by atoms with Gasteiger partial charge >= 0.3 is 0 Å². The summed E-state index contributed by atoms with van der Waals surface area (Å²) in [6.45, 7) is 3.77. The molecule has 0 aromatic heterocycles. The van der Waals surface area contributed by atoms with Crippen molar-refractivity contribution in [2.24, 2.45) is 10.9 Å². The van der Waals surface area contributed by atoms with Crippen LogP contribution < -0.4 is 5.73 Å². The van der Waals surface area contributed by atoms with Gasteiger partial charge in [0.2, 0.25) is 0 Å². The number of rotatable bonds is 3. The number of benzene rings is 1. The Bertz CT molecular complexity index is 337. The second kappa shape index (κ2) is 4.86. The SMILES string of the molecule is CC(C)O/N=C(\N)c1cccc(Cl)c1. The largest absolute Gasteiger partial charge is 0.391 e. The van der Waals surface area contributed by atoms with Crippen LogP contribution in [0.1, 0.15) is 19.4 Å². The number of hydrogen-bond acceptors (Lipinski definition) is 2. The van der Waals surface area contributed by atoms with E-state index >= 15 is 0 Å². The number of hydrogen-bond donors (Lipinski definition) is 1. The number of halogens is 1. The Morgan fingerprint density at radius 3 is 2.79 bits per heavy atom. The summed E-state index contributed by atoms with van der Waals surface area (Å²) in [5.74, 6) is 0.334. The highest BCUT2D eigenvalue weighted by atomic mass is 35.5. The lowest BCUT2D eigenvalue weighted by Gasteiger charge is -2.04. The van der Waals surface area contributed by atoms with Gasteiger partial charge in [-0.2, -0.15) is 0 Å². The summed E-state index contributed by atoms with van der Waals surface area (Å²) >= 11 is 5.80. The Kier molecular flexibility index (Phi) is 3.77. The predicted octanol–water partition coefficient (Wildman–Crippen LogP) is 2.39. The molecular weight excluding hydrogens is 200 g/mol. The molecule has 0 fully saturated rings. The van der Waals surface area contributed by atoms with Crippen LogP contribution >= 0.6 is 11.6 Å². The summed E-state index contributed by atoms with van der Waals surface area (Å²) in [6, 6.07) is 7.16. The van der Waals surface area contributed by atoms with E-state index in [0.29, 0.717) is 10.9 Å². The zero-order chi connectivity index (χ0) is 10.6. The van der Waals surface area contributed by atoms with Crippen molar-refractivity contribution in [2.75, 3.05) is 0 Å². The van der Waals surface area contributed by atoms with Crippen LogP contribution in [0.15, 0.2) is 29.4 Å². The van der Waals surface area contributed by atoms with Crippen molar-refractivity contribution in [2.45, 2.75) is 20.0 Å². The Morgan fingerprint density at radius 1 is 1.50 bits per heavy atom. The number of nitrogens with zero attached hydrogens (tertiary/aromatic N) is 1. The Morgan fingerprint density at radius 2 is 2.21 bits per heavy atom. The van der Waals surface area contributed by atoms with Gasteiger partial charge in [0.05, 0.1) is 0 Å². The Balaban J connectivity index is 2.78. The molecule has 14 heavy (non-hydrogen) atoms. The molecule has 0 aliphatic carbocycles. The van der Waals surface area contributed by atoms with Gasteiger partial charge in [0.1, 0.15) is 6.10 Å². The van der Waals surface area contributed by atoms with Gasteiger partial charge in [-0.15, -0.1) is 0 Å². The molecule has 3 nitrogen and oxygen atoms in total. The first-order valence-corrected chi connectivity index (χ1v) is 4.72. The summed E-state index contributed by atoms with van der Waals surface area (Å²) in [6.07, 6.45) is 0.0211. The van der Waals surface area contributed by atoms with E-state index in [4.69, 9.17) is 22.2 Å². The van der Waals surface area contributed by atoms with Gasteiger partial charge in [0, 0.05) is 10.6 Å². The molecule has 0 heterocycles. The third-order valence-electron chi connectivity index (χ3n) is 1.48. The lowest BCUT2D eigenvalue weighted by atomic mass is 10.2. The lowest BCUT2D eigenvalue weighted by Crippen LogP contribution is -2.14. The summed E-state index contributed by atoms with van der Waals surface area (Å²) in [5.41, 5.74) is 6.44. The van der Waals surface area contributed by atoms with E-state index in [1.165, 1.54) is 0 Å². The number of amidine groups is 1. The van der Waals surface area contributed by atoms with Gasteiger partial charge in [-0.25, -0.2) is 0 Å². The maximum absolute atomic E-state index is 5.80. The molecule has 0 saturated carbocycles. The minimum absolute atomic E-state index is 0.0211. The van der Waals surface area contributed by atoms with Gasteiger partial charge in [-0.05, 0) is 26.0 Å². The molecule has 4 heteroatoms. The molecule has 2 N–H and O–H groups in total. The summed E-state index contributed by atoms with van der Waals surface area (Å²) < 4.78 is 0. The maximum Gasteiger partial charge on any atom is 0.170 e. The highest BCUT2D eigenvalue weighted by Gasteiger charge is 2.00. The smallest absolute Gasteiger partial charge is 0.170 e. The molecule has 1 aromatic carbocycles. The topological polar surface area (TPSA) is 47.6 Å². The second-order valence-corrected chi connectivity index (χ2v) is 3.58. The summed E-state index contributed by atoms with van der Waals surface area (Å²) in [4.78, 5) is 5.02. The zero-order valence-corrected chi connectivity index (χ0v) is 8.95. The highest BCUT2D eigenvalue weighted by Crippen LogP contribution is 2.10. The van der Waals surface area contributed by atoms with Crippen LogP contribution in [-0.4, -0.2) is 11.9 Å². The van der Waals surface area contributed by atoms with E-state index in [1.54, 1.807) is 12.1 Å². The van der Waals surface area contributed by atoms with Crippen LogP contribution in [0.4, 0.5) is 0 Å². The average Bonchev–Trinajstić information content (AvgIpc) is 2.14. The third-order valence-corrected chi connectivity index (χ3v) is 1.72. The number of oxime groups is 1. The summed E-state index contributed by atoms with van der Waals surface area (Å²) in [5, 5.41) is 4.40. The van der Waals surface area contributed by atoms with E-state index in [-0.39, 0.29) is 6.10 Å². The highest BCUT2D eigenvalue weighted by molar-refractivity contribution is 6.31. The van der Waals surface area contributed by atoms with Gasteiger partial charge in [0.25, 0.3) is 0 Å². The molecule has 0 radical (unpaired) electrons. The lowest BCUT2D eigenvalue weighted by molar-refractivity contribution is 0.0858. The zero-order valence-electron chi connectivity index (χ0n) is 8.20. The molecule has 0 atom stereocenters. The Hall–Kier alpha value is -1.22. The van der Waals surface area contributed by atoms with Crippen molar-refractivity contribution < 1.29 is 4.84 Å². The quantitative estimate of drug-likeness (QED) is 0.475.